The number of hydrogen-bond acceptors (Lipinski definition) is 3. The van der Waals surface area contributed by atoms with Gasteiger partial charge in [-0.15, -0.1) is 0 Å². The van der Waals surface area contributed by atoms with E-state index in [0.717, 1.165) is 25.7 Å². The van der Waals surface area contributed by atoms with Crippen molar-refractivity contribution in [2.24, 2.45) is 0 Å². The van der Waals surface area contributed by atoms with Crippen LogP contribution in [0.1, 0.15) is 84.0 Å². The van der Waals surface area contributed by atoms with Crippen molar-refractivity contribution in [3.05, 3.63) is 36.1 Å². The van der Waals surface area contributed by atoms with Crippen LogP contribution < -0.4 is 0 Å². The van der Waals surface area contributed by atoms with Crippen LogP contribution in [0.15, 0.2) is 36.1 Å². The standard InChI is InChI=1S/C21H34O3/c1-3-4-5-6-7-8-9-10-11-12-13-14-15-16-17-19-20(22)18(2)24-21(19)23/h10-11,17,20,22H,2-9,12-16H2,1H3/b11-10-,19-17?. The van der Waals surface area contributed by atoms with Crippen molar-refractivity contribution in [3.63, 3.8) is 0 Å². The molecule has 24 heavy (non-hydrogen) atoms. The summed E-state index contributed by atoms with van der Waals surface area (Å²) < 4.78 is 4.79. The van der Waals surface area contributed by atoms with Crippen molar-refractivity contribution in [3.8, 4) is 0 Å². The van der Waals surface area contributed by atoms with E-state index in [0.29, 0.717) is 5.57 Å². The largest absolute Gasteiger partial charge is 0.425 e. The molecule has 3 heteroatoms. The van der Waals surface area contributed by atoms with Gasteiger partial charge >= 0.3 is 5.97 Å². The van der Waals surface area contributed by atoms with Crippen molar-refractivity contribution < 1.29 is 14.6 Å². The Kier molecular flexibility index (Phi) is 11.2. The van der Waals surface area contributed by atoms with Gasteiger partial charge in [-0.2, -0.15) is 0 Å². The third-order valence-corrected chi connectivity index (χ3v) is 4.39. The lowest BCUT2D eigenvalue weighted by molar-refractivity contribution is -0.132. The summed E-state index contributed by atoms with van der Waals surface area (Å²) in [5.74, 6) is -0.313. The van der Waals surface area contributed by atoms with E-state index in [2.05, 4.69) is 25.7 Å². The van der Waals surface area contributed by atoms with Gasteiger partial charge in [0.05, 0.1) is 5.57 Å². The Morgan fingerprint density at radius 2 is 1.50 bits per heavy atom. The fourth-order valence-electron chi connectivity index (χ4n) is 2.83. The smallest absolute Gasteiger partial charge is 0.341 e. The molecule has 1 fully saturated rings. The number of rotatable bonds is 13. The zero-order valence-electron chi connectivity index (χ0n) is 15.3. The Hall–Kier alpha value is -1.35. The van der Waals surface area contributed by atoms with Crippen LogP contribution in [-0.4, -0.2) is 17.2 Å². The summed E-state index contributed by atoms with van der Waals surface area (Å²) in [6.07, 6.45) is 20.1. The number of cyclic esters (lactones) is 1. The van der Waals surface area contributed by atoms with Crippen LogP contribution in [0.5, 0.6) is 0 Å². The van der Waals surface area contributed by atoms with Gasteiger partial charge in [0.2, 0.25) is 0 Å². The lowest BCUT2D eigenvalue weighted by Gasteiger charge is -2.00. The van der Waals surface area contributed by atoms with Gasteiger partial charge in [0, 0.05) is 0 Å². The topological polar surface area (TPSA) is 46.5 Å². The first kappa shape index (κ1) is 20.7. The number of carbonyl (C=O) groups excluding carboxylic acids is 1. The molecule has 0 aromatic carbocycles. The average molecular weight is 335 g/mol. The minimum atomic E-state index is -0.942. The maximum Gasteiger partial charge on any atom is 0.341 e. The molecule has 136 valence electrons. The molecular formula is C21H34O3. The first-order valence-corrected chi connectivity index (χ1v) is 9.61. The Morgan fingerprint density at radius 3 is 2.08 bits per heavy atom. The summed E-state index contributed by atoms with van der Waals surface area (Å²) in [5, 5.41) is 9.71. The van der Waals surface area contributed by atoms with Crippen LogP contribution in [0.4, 0.5) is 0 Å². The van der Waals surface area contributed by atoms with E-state index < -0.39 is 12.1 Å². The molecule has 1 heterocycles. The highest BCUT2D eigenvalue weighted by molar-refractivity contribution is 5.93. The highest BCUT2D eigenvalue weighted by Crippen LogP contribution is 2.23. The number of carbonyl (C=O) groups is 1. The first-order chi connectivity index (χ1) is 11.7. The molecule has 0 aromatic rings. The number of aliphatic hydroxyl groups is 1. The van der Waals surface area contributed by atoms with E-state index in [1.54, 1.807) is 6.08 Å². The summed E-state index contributed by atoms with van der Waals surface area (Å²) >= 11 is 0. The van der Waals surface area contributed by atoms with Crippen molar-refractivity contribution in [2.45, 2.75) is 90.1 Å². The maximum absolute atomic E-state index is 11.4. The zero-order chi connectivity index (χ0) is 17.6. The summed E-state index contributed by atoms with van der Waals surface area (Å²) in [7, 11) is 0. The van der Waals surface area contributed by atoms with Crippen molar-refractivity contribution in [2.75, 3.05) is 0 Å². The van der Waals surface area contributed by atoms with Gasteiger partial charge in [-0.1, -0.05) is 70.3 Å². The van der Waals surface area contributed by atoms with Gasteiger partial charge in [-0.05, 0) is 38.5 Å². The molecule has 1 aliphatic rings. The molecule has 0 amide bonds. The second kappa shape index (κ2) is 13.0. The molecule has 0 bridgehead atoms. The number of ether oxygens (including phenoxy) is 1. The zero-order valence-corrected chi connectivity index (χ0v) is 15.3. The molecule has 3 nitrogen and oxygen atoms in total. The summed E-state index contributed by atoms with van der Waals surface area (Å²) in [6.45, 7) is 5.76. The molecule has 1 rings (SSSR count). The highest BCUT2D eigenvalue weighted by atomic mass is 16.6. The van der Waals surface area contributed by atoms with Crippen molar-refractivity contribution in [1.82, 2.24) is 0 Å². The number of hydrogen-bond donors (Lipinski definition) is 1. The van der Waals surface area contributed by atoms with Crippen LogP contribution in [0.25, 0.3) is 0 Å². The lowest BCUT2D eigenvalue weighted by Crippen LogP contribution is -2.07. The normalized spacial score (nSPS) is 19.6. The van der Waals surface area contributed by atoms with E-state index >= 15 is 0 Å². The molecule has 0 spiro atoms. The van der Waals surface area contributed by atoms with Crippen LogP contribution >= 0.6 is 0 Å². The Balaban J connectivity index is 1.94. The SMILES string of the molecule is C=C1OC(=O)C(=CCCCCC/C=C\CCCCCCCC)C1O. The summed E-state index contributed by atoms with van der Waals surface area (Å²) in [4.78, 5) is 11.4. The van der Waals surface area contributed by atoms with Gasteiger partial charge in [-0.3, -0.25) is 0 Å². The second-order valence-corrected chi connectivity index (χ2v) is 6.58. The molecule has 1 saturated heterocycles. The van der Waals surface area contributed by atoms with E-state index in [-0.39, 0.29) is 5.76 Å². The number of aliphatic hydroxyl groups excluding tert-OH is 1. The molecule has 0 aliphatic carbocycles. The predicted octanol–water partition coefficient (Wildman–Crippen LogP) is 5.60. The highest BCUT2D eigenvalue weighted by Gasteiger charge is 2.32. The molecule has 0 saturated carbocycles. The van der Waals surface area contributed by atoms with Gasteiger partial charge in [0.15, 0.2) is 0 Å². The quantitative estimate of drug-likeness (QED) is 0.206. The van der Waals surface area contributed by atoms with Crippen LogP contribution in [-0.2, 0) is 9.53 Å². The fourth-order valence-corrected chi connectivity index (χ4v) is 2.83. The van der Waals surface area contributed by atoms with Crippen molar-refractivity contribution in [1.29, 1.82) is 0 Å². The summed E-state index contributed by atoms with van der Waals surface area (Å²) in [6, 6.07) is 0. The first-order valence-electron chi connectivity index (χ1n) is 9.61. The maximum atomic E-state index is 11.4. The van der Waals surface area contributed by atoms with E-state index in [9.17, 15) is 9.90 Å². The minimum Gasteiger partial charge on any atom is -0.425 e. The third kappa shape index (κ3) is 8.49. The van der Waals surface area contributed by atoms with Gasteiger partial charge in [-0.25, -0.2) is 4.79 Å². The Morgan fingerprint density at radius 1 is 0.958 bits per heavy atom. The monoisotopic (exact) mass is 334 g/mol. The fraction of sp³-hybridized carbons (Fsp3) is 0.667. The third-order valence-electron chi connectivity index (χ3n) is 4.39. The number of esters is 1. The van der Waals surface area contributed by atoms with Crippen LogP contribution in [0, 0.1) is 0 Å². The van der Waals surface area contributed by atoms with E-state index in [4.69, 9.17) is 4.74 Å². The molecular weight excluding hydrogens is 300 g/mol. The van der Waals surface area contributed by atoms with Crippen LogP contribution in [0.2, 0.25) is 0 Å². The van der Waals surface area contributed by atoms with E-state index in [1.807, 2.05) is 0 Å². The number of unbranched alkanes of at least 4 members (excludes halogenated alkanes) is 10. The van der Waals surface area contributed by atoms with Crippen molar-refractivity contribution >= 4 is 5.97 Å². The Bertz CT molecular complexity index is 434. The molecule has 0 radical (unpaired) electrons. The molecule has 0 aromatic heterocycles. The predicted molar refractivity (Wildman–Crippen MR) is 99.5 cm³/mol. The van der Waals surface area contributed by atoms with Gasteiger partial charge < -0.3 is 9.84 Å². The van der Waals surface area contributed by atoms with Gasteiger partial charge in [0.25, 0.3) is 0 Å². The van der Waals surface area contributed by atoms with Gasteiger partial charge in [0.1, 0.15) is 11.9 Å². The molecule has 1 aliphatic heterocycles. The average Bonchev–Trinajstić information content (AvgIpc) is 2.81. The molecule has 1 atom stereocenters. The lowest BCUT2D eigenvalue weighted by atomic mass is 10.1. The second-order valence-electron chi connectivity index (χ2n) is 6.58. The van der Waals surface area contributed by atoms with Crippen LogP contribution in [0.3, 0.4) is 0 Å². The Labute approximate surface area is 147 Å². The molecule has 1 N–H and O–H groups in total. The minimum absolute atomic E-state index is 0.141. The summed E-state index contributed by atoms with van der Waals surface area (Å²) in [5.41, 5.74) is 0.346. The number of allylic oxidation sites excluding steroid dienone is 3. The van der Waals surface area contributed by atoms with E-state index in [1.165, 1.54) is 51.4 Å². The molecule has 1 unspecified atom stereocenters.